The number of carboxylic acids is 1. The highest BCUT2D eigenvalue weighted by atomic mass is 16.4. The predicted molar refractivity (Wildman–Crippen MR) is 68.1 cm³/mol. The van der Waals surface area contributed by atoms with Gasteiger partial charge in [0, 0.05) is 6.54 Å². The van der Waals surface area contributed by atoms with Gasteiger partial charge in [0.25, 0.3) is 0 Å². The molecular weight excluding hydrogens is 230 g/mol. The van der Waals surface area contributed by atoms with Crippen LogP contribution in [0.3, 0.4) is 0 Å². The second-order valence-electron chi connectivity index (χ2n) is 6.23. The van der Waals surface area contributed by atoms with Crippen molar-refractivity contribution in [3.8, 4) is 0 Å². The third-order valence-corrected chi connectivity index (χ3v) is 4.44. The fraction of sp³-hybridized carbons (Fsp3) is 0.857. The lowest BCUT2D eigenvalue weighted by Gasteiger charge is -2.28. The topological polar surface area (TPSA) is 66.4 Å². The highest BCUT2D eigenvalue weighted by Gasteiger charge is 2.48. The number of aliphatic carboxylic acids is 1. The smallest absolute Gasteiger partial charge is 0.307 e. The number of hydrogen-bond donors (Lipinski definition) is 2. The highest BCUT2D eigenvalue weighted by molar-refractivity contribution is 5.89. The van der Waals surface area contributed by atoms with Gasteiger partial charge in [0.05, 0.1) is 11.8 Å². The minimum absolute atomic E-state index is 0.0622. The van der Waals surface area contributed by atoms with E-state index in [1.165, 1.54) is 38.5 Å². The van der Waals surface area contributed by atoms with Gasteiger partial charge in [0.2, 0.25) is 5.91 Å². The molecule has 2 rings (SSSR count). The van der Waals surface area contributed by atoms with E-state index >= 15 is 0 Å². The molecule has 2 aliphatic carbocycles. The first kappa shape index (κ1) is 13.4. The van der Waals surface area contributed by atoms with Crippen molar-refractivity contribution in [3.05, 3.63) is 0 Å². The summed E-state index contributed by atoms with van der Waals surface area (Å²) in [4.78, 5) is 22.5. The van der Waals surface area contributed by atoms with Gasteiger partial charge in [-0.05, 0) is 24.7 Å². The zero-order chi connectivity index (χ0) is 13.2. The predicted octanol–water partition coefficient (Wildman–Crippen LogP) is 2.18. The molecule has 1 amide bonds. The van der Waals surface area contributed by atoms with E-state index < -0.39 is 11.9 Å². The molecule has 2 unspecified atom stereocenters. The summed E-state index contributed by atoms with van der Waals surface area (Å²) in [5.41, 5.74) is 0.208. The molecule has 4 heteroatoms. The van der Waals surface area contributed by atoms with Gasteiger partial charge in [-0.15, -0.1) is 0 Å². The number of carbonyl (C=O) groups is 2. The molecule has 0 aromatic heterocycles. The Balaban J connectivity index is 1.77. The molecule has 0 spiro atoms. The molecule has 0 aromatic carbocycles. The van der Waals surface area contributed by atoms with Crippen LogP contribution in [0, 0.1) is 17.3 Å². The van der Waals surface area contributed by atoms with Crippen LogP contribution in [-0.4, -0.2) is 23.5 Å². The van der Waals surface area contributed by atoms with Crippen molar-refractivity contribution in [3.63, 3.8) is 0 Å². The van der Waals surface area contributed by atoms with Gasteiger partial charge in [-0.2, -0.15) is 0 Å². The first-order chi connectivity index (χ1) is 8.52. The fourth-order valence-electron chi connectivity index (χ4n) is 2.95. The third-order valence-electron chi connectivity index (χ3n) is 4.44. The normalized spacial score (nSPS) is 30.3. The molecule has 0 radical (unpaired) electrons. The lowest BCUT2D eigenvalue weighted by Crippen LogP contribution is -2.36. The second kappa shape index (κ2) is 5.29. The lowest BCUT2D eigenvalue weighted by atomic mass is 9.82. The van der Waals surface area contributed by atoms with E-state index in [-0.39, 0.29) is 17.2 Å². The Kier molecular flexibility index (Phi) is 3.93. The van der Waals surface area contributed by atoms with Gasteiger partial charge in [-0.1, -0.05) is 32.6 Å². The van der Waals surface area contributed by atoms with Crippen LogP contribution >= 0.6 is 0 Å². The molecule has 0 aliphatic heterocycles. The third kappa shape index (κ3) is 3.24. The van der Waals surface area contributed by atoms with Crippen LogP contribution in [0.4, 0.5) is 0 Å². The van der Waals surface area contributed by atoms with E-state index in [0.29, 0.717) is 13.0 Å². The van der Waals surface area contributed by atoms with Gasteiger partial charge in [-0.25, -0.2) is 0 Å². The van der Waals surface area contributed by atoms with Crippen LogP contribution in [0.2, 0.25) is 0 Å². The number of carboxylic acid groups (broad SMARTS) is 1. The van der Waals surface area contributed by atoms with Gasteiger partial charge >= 0.3 is 5.97 Å². The fourth-order valence-corrected chi connectivity index (χ4v) is 2.95. The molecule has 0 saturated heterocycles. The van der Waals surface area contributed by atoms with Gasteiger partial charge in [0.15, 0.2) is 0 Å². The molecule has 0 aromatic rings. The highest BCUT2D eigenvalue weighted by Crippen LogP contribution is 2.39. The Morgan fingerprint density at radius 1 is 1.17 bits per heavy atom. The molecule has 0 bridgehead atoms. The van der Waals surface area contributed by atoms with Gasteiger partial charge in [0.1, 0.15) is 0 Å². The number of nitrogens with one attached hydrogen (secondary N) is 1. The Bertz CT molecular complexity index is 332. The van der Waals surface area contributed by atoms with E-state index in [2.05, 4.69) is 12.2 Å². The monoisotopic (exact) mass is 253 g/mol. The molecule has 2 N–H and O–H groups in total. The molecule has 18 heavy (non-hydrogen) atoms. The molecule has 4 nitrogen and oxygen atoms in total. The zero-order valence-electron chi connectivity index (χ0n) is 11.1. The Morgan fingerprint density at radius 2 is 1.78 bits per heavy atom. The van der Waals surface area contributed by atoms with Crippen LogP contribution in [0.15, 0.2) is 0 Å². The maximum Gasteiger partial charge on any atom is 0.307 e. The van der Waals surface area contributed by atoms with Crippen molar-refractivity contribution in [2.75, 3.05) is 6.54 Å². The number of hydrogen-bond acceptors (Lipinski definition) is 2. The summed E-state index contributed by atoms with van der Waals surface area (Å²) in [7, 11) is 0. The average Bonchev–Trinajstić information content (AvgIpc) is 3.10. The first-order valence-corrected chi connectivity index (χ1v) is 7.02. The zero-order valence-corrected chi connectivity index (χ0v) is 11.1. The minimum atomic E-state index is -0.837. The van der Waals surface area contributed by atoms with Crippen LogP contribution in [0.5, 0.6) is 0 Å². The minimum Gasteiger partial charge on any atom is -0.481 e. The van der Waals surface area contributed by atoms with E-state index in [4.69, 9.17) is 5.11 Å². The summed E-state index contributed by atoms with van der Waals surface area (Å²) >= 11 is 0. The molecule has 2 aliphatic rings. The summed E-state index contributed by atoms with van der Waals surface area (Å²) in [5.74, 6) is -1.62. The molecule has 2 atom stereocenters. The molecular formula is C14H23NO3. The summed E-state index contributed by atoms with van der Waals surface area (Å²) in [6.45, 7) is 2.94. The van der Waals surface area contributed by atoms with Crippen molar-refractivity contribution in [1.29, 1.82) is 0 Å². The molecule has 102 valence electrons. The molecule has 0 heterocycles. The lowest BCUT2D eigenvalue weighted by molar-refractivity contribution is -0.140. The SMILES string of the molecule is CC1(CNC(=O)C2CC2C(=O)O)CCCCCC1. The number of rotatable bonds is 4. The standard InChI is InChI=1S/C14H23NO3/c1-14(6-4-2-3-5-7-14)9-15-12(16)10-8-11(10)13(17)18/h10-11H,2-9H2,1H3,(H,15,16)(H,17,18). The second-order valence-corrected chi connectivity index (χ2v) is 6.23. The van der Waals surface area contributed by atoms with Crippen molar-refractivity contribution in [2.24, 2.45) is 17.3 Å². The summed E-state index contributed by atoms with van der Waals surface area (Å²) < 4.78 is 0. The van der Waals surface area contributed by atoms with Crippen LogP contribution in [-0.2, 0) is 9.59 Å². The van der Waals surface area contributed by atoms with Crippen molar-refractivity contribution >= 4 is 11.9 Å². The van der Waals surface area contributed by atoms with E-state index in [1.54, 1.807) is 0 Å². The quantitative estimate of drug-likeness (QED) is 0.755. The Labute approximate surface area is 108 Å². The summed E-state index contributed by atoms with van der Waals surface area (Å²) in [6, 6.07) is 0. The largest absolute Gasteiger partial charge is 0.481 e. The average molecular weight is 253 g/mol. The summed E-state index contributed by atoms with van der Waals surface area (Å²) in [5, 5.41) is 11.8. The first-order valence-electron chi connectivity index (χ1n) is 7.02. The molecule has 2 saturated carbocycles. The number of amides is 1. The van der Waals surface area contributed by atoms with E-state index in [0.717, 1.165) is 0 Å². The maximum absolute atomic E-state index is 11.8. The Morgan fingerprint density at radius 3 is 2.28 bits per heavy atom. The van der Waals surface area contributed by atoms with Crippen molar-refractivity contribution < 1.29 is 14.7 Å². The van der Waals surface area contributed by atoms with E-state index in [9.17, 15) is 9.59 Å². The Hall–Kier alpha value is -1.06. The summed E-state index contributed by atoms with van der Waals surface area (Å²) in [6.07, 6.45) is 7.93. The maximum atomic E-state index is 11.8. The van der Waals surface area contributed by atoms with Crippen molar-refractivity contribution in [2.45, 2.75) is 51.9 Å². The van der Waals surface area contributed by atoms with Gasteiger partial charge < -0.3 is 10.4 Å². The molecule has 2 fully saturated rings. The number of carbonyl (C=O) groups excluding carboxylic acids is 1. The van der Waals surface area contributed by atoms with E-state index in [1.807, 2.05) is 0 Å². The van der Waals surface area contributed by atoms with Crippen molar-refractivity contribution in [1.82, 2.24) is 5.32 Å². The van der Waals surface area contributed by atoms with Gasteiger partial charge in [-0.3, -0.25) is 9.59 Å². The van der Waals surface area contributed by atoms with Crippen LogP contribution in [0.1, 0.15) is 51.9 Å². The van der Waals surface area contributed by atoms with Crippen LogP contribution < -0.4 is 5.32 Å². The van der Waals surface area contributed by atoms with Crippen LogP contribution in [0.25, 0.3) is 0 Å².